The molecule has 3 aromatic rings. The van der Waals surface area contributed by atoms with Crippen LogP contribution in [0.4, 0.5) is 11.8 Å². The third-order valence-electron chi connectivity index (χ3n) is 3.47. The first-order valence-electron chi connectivity index (χ1n) is 6.92. The lowest BCUT2D eigenvalue weighted by atomic mass is 10.2. The maximum absolute atomic E-state index is 4.63. The minimum Gasteiger partial charge on any atom is -0.354 e. The molecular formula is C14H18N6S. The van der Waals surface area contributed by atoms with E-state index >= 15 is 0 Å². The molecule has 0 saturated carbocycles. The molecule has 0 bridgehead atoms. The molecule has 0 radical (unpaired) electrons. The summed E-state index contributed by atoms with van der Waals surface area (Å²) in [5.41, 5.74) is 1.55. The molecule has 6 nitrogen and oxygen atoms in total. The van der Waals surface area contributed by atoms with Gasteiger partial charge in [-0.2, -0.15) is 9.97 Å². The van der Waals surface area contributed by atoms with E-state index in [4.69, 9.17) is 0 Å². The van der Waals surface area contributed by atoms with Gasteiger partial charge in [-0.3, -0.25) is 0 Å². The van der Waals surface area contributed by atoms with Crippen molar-refractivity contribution in [2.45, 2.75) is 19.9 Å². The summed E-state index contributed by atoms with van der Waals surface area (Å²) in [5, 5.41) is 5.25. The third-order valence-corrected chi connectivity index (χ3v) is 4.51. The van der Waals surface area contributed by atoms with Gasteiger partial charge in [0.1, 0.15) is 5.52 Å². The Morgan fingerprint density at radius 1 is 1.43 bits per heavy atom. The molecule has 1 atom stereocenters. The van der Waals surface area contributed by atoms with E-state index in [1.807, 2.05) is 14.0 Å². The zero-order valence-corrected chi connectivity index (χ0v) is 13.1. The number of thiophene rings is 1. The quantitative estimate of drug-likeness (QED) is 0.758. The van der Waals surface area contributed by atoms with E-state index < -0.39 is 0 Å². The zero-order chi connectivity index (χ0) is 14.8. The number of hydrogen-bond donors (Lipinski definition) is 2. The van der Waals surface area contributed by atoms with Crippen molar-refractivity contribution in [2.75, 3.05) is 23.8 Å². The number of H-pyrrole nitrogens is 1. The second-order valence-corrected chi connectivity index (χ2v) is 5.78. The van der Waals surface area contributed by atoms with Crippen LogP contribution in [-0.4, -0.2) is 33.5 Å². The molecule has 3 aromatic heterocycles. The maximum Gasteiger partial charge on any atom is 0.226 e. The van der Waals surface area contributed by atoms with Crippen LogP contribution in [0.1, 0.15) is 24.8 Å². The number of fused-ring (bicyclic) bond motifs is 1. The third kappa shape index (κ3) is 2.56. The van der Waals surface area contributed by atoms with Crippen LogP contribution >= 0.6 is 11.3 Å². The molecule has 0 amide bonds. The van der Waals surface area contributed by atoms with Crippen molar-refractivity contribution >= 4 is 34.3 Å². The molecule has 3 rings (SSSR count). The predicted octanol–water partition coefficient (Wildman–Crippen LogP) is 3.04. The lowest BCUT2D eigenvalue weighted by molar-refractivity contribution is 0.744. The summed E-state index contributed by atoms with van der Waals surface area (Å²) >= 11 is 1.75. The fraction of sp³-hybridized carbons (Fsp3) is 0.357. The smallest absolute Gasteiger partial charge is 0.226 e. The van der Waals surface area contributed by atoms with Crippen LogP contribution in [0.5, 0.6) is 0 Å². The average Bonchev–Trinajstić information content (AvgIpc) is 3.16. The Bertz CT molecular complexity index is 720. The van der Waals surface area contributed by atoms with Gasteiger partial charge in [-0.15, -0.1) is 11.3 Å². The minimum absolute atomic E-state index is 0.237. The van der Waals surface area contributed by atoms with E-state index in [9.17, 15) is 0 Å². The fourth-order valence-corrected chi connectivity index (χ4v) is 3.04. The number of anilines is 2. The molecule has 110 valence electrons. The Labute approximate surface area is 127 Å². The molecule has 0 aliphatic rings. The summed E-state index contributed by atoms with van der Waals surface area (Å²) in [6, 6.07) is 4.45. The van der Waals surface area contributed by atoms with Gasteiger partial charge in [0, 0.05) is 18.5 Å². The van der Waals surface area contributed by atoms with E-state index in [2.05, 4.69) is 54.6 Å². The van der Waals surface area contributed by atoms with Gasteiger partial charge in [0.15, 0.2) is 11.5 Å². The molecule has 0 aromatic carbocycles. The van der Waals surface area contributed by atoms with Crippen molar-refractivity contribution in [3.05, 3.63) is 28.7 Å². The predicted molar refractivity (Wildman–Crippen MR) is 87.0 cm³/mol. The van der Waals surface area contributed by atoms with Crippen LogP contribution in [0, 0.1) is 0 Å². The highest BCUT2D eigenvalue weighted by atomic mass is 32.1. The fourth-order valence-electron chi connectivity index (χ4n) is 2.21. The Morgan fingerprint density at radius 3 is 3.00 bits per heavy atom. The average molecular weight is 302 g/mol. The molecule has 0 spiro atoms. The number of aromatic nitrogens is 4. The van der Waals surface area contributed by atoms with Crippen LogP contribution < -0.4 is 10.2 Å². The van der Waals surface area contributed by atoms with Crippen molar-refractivity contribution in [2.24, 2.45) is 0 Å². The first-order valence-corrected chi connectivity index (χ1v) is 7.80. The van der Waals surface area contributed by atoms with Gasteiger partial charge in [-0.1, -0.05) is 6.07 Å². The van der Waals surface area contributed by atoms with Crippen LogP contribution in [0.3, 0.4) is 0 Å². The molecule has 3 heterocycles. The summed E-state index contributed by atoms with van der Waals surface area (Å²) in [5.74, 6) is 1.46. The highest BCUT2D eigenvalue weighted by Gasteiger charge is 2.19. The van der Waals surface area contributed by atoms with Gasteiger partial charge < -0.3 is 15.2 Å². The molecule has 0 aliphatic carbocycles. The molecule has 7 heteroatoms. The number of hydrogen-bond acceptors (Lipinski definition) is 6. The second-order valence-electron chi connectivity index (χ2n) is 4.80. The highest BCUT2D eigenvalue weighted by molar-refractivity contribution is 7.10. The van der Waals surface area contributed by atoms with E-state index in [0.717, 1.165) is 17.9 Å². The lowest BCUT2D eigenvalue weighted by Crippen LogP contribution is -2.23. The summed E-state index contributed by atoms with van der Waals surface area (Å²) in [4.78, 5) is 19.9. The van der Waals surface area contributed by atoms with Gasteiger partial charge in [0.25, 0.3) is 0 Å². The molecule has 21 heavy (non-hydrogen) atoms. The van der Waals surface area contributed by atoms with Gasteiger partial charge in [0.05, 0.1) is 12.4 Å². The summed E-state index contributed by atoms with van der Waals surface area (Å²) in [6.45, 7) is 4.97. The molecule has 2 N–H and O–H groups in total. The van der Waals surface area contributed by atoms with Crippen LogP contribution in [0.25, 0.3) is 11.2 Å². The SMILES string of the molecule is CCNc1nc(N(C)C(C)c2cccs2)c2[nH]cnc2n1. The van der Waals surface area contributed by atoms with Gasteiger partial charge in [-0.25, -0.2) is 4.98 Å². The second kappa shape index (κ2) is 5.69. The van der Waals surface area contributed by atoms with Gasteiger partial charge in [-0.05, 0) is 25.3 Å². The van der Waals surface area contributed by atoms with Crippen LogP contribution in [0.15, 0.2) is 23.8 Å². The zero-order valence-electron chi connectivity index (χ0n) is 12.3. The summed E-state index contributed by atoms with van der Waals surface area (Å²) < 4.78 is 0. The van der Waals surface area contributed by atoms with Gasteiger partial charge in [0.2, 0.25) is 5.95 Å². The van der Waals surface area contributed by atoms with Gasteiger partial charge >= 0.3 is 0 Å². The normalized spacial score (nSPS) is 12.5. The largest absolute Gasteiger partial charge is 0.354 e. The Morgan fingerprint density at radius 2 is 2.29 bits per heavy atom. The van der Waals surface area contributed by atoms with Crippen molar-refractivity contribution < 1.29 is 0 Å². The topological polar surface area (TPSA) is 69.7 Å². The van der Waals surface area contributed by atoms with E-state index in [0.29, 0.717) is 11.6 Å². The lowest BCUT2D eigenvalue weighted by Gasteiger charge is -2.25. The van der Waals surface area contributed by atoms with Crippen molar-refractivity contribution in [1.29, 1.82) is 0 Å². The molecule has 1 unspecified atom stereocenters. The molecule has 0 fully saturated rings. The first kappa shape index (κ1) is 13.8. The number of nitrogens with zero attached hydrogens (tertiary/aromatic N) is 4. The number of nitrogens with one attached hydrogen (secondary N) is 2. The van der Waals surface area contributed by atoms with Crippen molar-refractivity contribution in [1.82, 2.24) is 19.9 Å². The van der Waals surface area contributed by atoms with Crippen LogP contribution in [0.2, 0.25) is 0 Å². The van der Waals surface area contributed by atoms with Crippen molar-refractivity contribution in [3.8, 4) is 0 Å². The van der Waals surface area contributed by atoms with E-state index in [-0.39, 0.29) is 6.04 Å². The number of rotatable bonds is 5. The van der Waals surface area contributed by atoms with E-state index in [1.54, 1.807) is 17.7 Å². The molecule has 0 saturated heterocycles. The van der Waals surface area contributed by atoms with E-state index in [1.165, 1.54) is 4.88 Å². The molecule has 0 aliphatic heterocycles. The van der Waals surface area contributed by atoms with Crippen LogP contribution in [-0.2, 0) is 0 Å². The monoisotopic (exact) mass is 302 g/mol. The van der Waals surface area contributed by atoms with Crippen molar-refractivity contribution in [3.63, 3.8) is 0 Å². The highest BCUT2D eigenvalue weighted by Crippen LogP contribution is 2.30. The Hall–Kier alpha value is -2.15. The maximum atomic E-state index is 4.63. The Balaban J connectivity index is 2.03. The Kier molecular flexibility index (Phi) is 3.74. The number of aromatic amines is 1. The first-order chi connectivity index (χ1) is 10.2. The number of imidazole rings is 1. The standard InChI is InChI=1S/C14H18N6S/c1-4-15-14-18-12-11(16-8-17-12)13(19-14)20(3)9(2)10-6-5-7-21-10/h5-9H,4H2,1-3H3,(H2,15,16,17,18,19). The summed E-state index contributed by atoms with van der Waals surface area (Å²) in [6.07, 6.45) is 1.65. The minimum atomic E-state index is 0.237. The molecular weight excluding hydrogens is 284 g/mol. The summed E-state index contributed by atoms with van der Waals surface area (Å²) in [7, 11) is 2.04.